The summed E-state index contributed by atoms with van der Waals surface area (Å²) in [5.41, 5.74) is 8.67. The van der Waals surface area contributed by atoms with Gasteiger partial charge in [0.05, 0.1) is 48.2 Å². The molecule has 0 spiro atoms. The summed E-state index contributed by atoms with van der Waals surface area (Å²) in [6.07, 6.45) is 4.12. The van der Waals surface area contributed by atoms with Gasteiger partial charge in [-0.2, -0.15) is 4.80 Å². The minimum atomic E-state index is -4.69. The smallest absolute Gasteiger partial charge is 0.495 e. The third-order valence-corrected chi connectivity index (χ3v) is 18.8. The van der Waals surface area contributed by atoms with E-state index in [1.165, 1.54) is 34.0 Å². The maximum absolute atomic E-state index is 14.4. The van der Waals surface area contributed by atoms with E-state index in [1.807, 2.05) is 66.7 Å². The maximum Gasteiger partial charge on any atom is 0.495 e. The Morgan fingerprint density at radius 3 is 1.90 bits per heavy atom. The average Bonchev–Trinajstić information content (AvgIpc) is 3.89. The number of nitrogens with one attached hydrogen (secondary N) is 2. The Bertz CT molecular complexity index is 3110. The highest BCUT2D eigenvalue weighted by molar-refractivity contribution is 7.93. The largest absolute Gasteiger partial charge is 0.497 e. The number of nitrogens with zero attached hydrogens (tertiary/aromatic N) is 4. The van der Waals surface area contributed by atoms with Crippen molar-refractivity contribution in [3.8, 4) is 34.0 Å². The van der Waals surface area contributed by atoms with Crippen LogP contribution in [0.25, 0.3) is 22.5 Å². The molecular weight excluding hydrogens is 954 g/mol. The molecule has 0 atom stereocenters. The highest BCUT2D eigenvalue weighted by Gasteiger charge is 2.52. The number of ether oxygens (including phenoxy) is 2. The molecule has 71 heavy (non-hydrogen) atoms. The molecule has 0 aliphatic carbocycles. The first-order valence-corrected chi connectivity index (χ1v) is 31.0. The Morgan fingerprint density at radius 2 is 1.32 bits per heavy atom. The van der Waals surface area contributed by atoms with Crippen molar-refractivity contribution >= 4 is 51.9 Å². The Labute approximate surface area is 420 Å². The molecule has 0 unspecified atom stereocenters. The van der Waals surface area contributed by atoms with Gasteiger partial charge < -0.3 is 29.4 Å². The fourth-order valence-electron chi connectivity index (χ4n) is 9.16. The number of tetrazole rings is 1. The first kappa shape index (κ1) is 51.8. The van der Waals surface area contributed by atoms with E-state index < -0.39 is 32.8 Å². The van der Waals surface area contributed by atoms with E-state index in [4.69, 9.17) is 29.0 Å². The highest BCUT2D eigenvalue weighted by Crippen LogP contribution is 2.46. The molecule has 0 saturated carbocycles. The zero-order valence-corrected chi connectivity index (χ0v) is 44.9. The number of sulfonamides is 1. The normalized spacial score (nSPS) is 16.2. The average molecular weight is 1020 g/mol. The second-order valence-electron chi connectivity index (χ2n) is 20.7. The van der Waals surface area contributed by atoms with Crippen LogP contribution in [0.1, 0.15) is 68.4 Å². The number of anilines is 2. The maximum atomic E-state index is 14.4. The minimum absolute atomic E-state index is 0.0139. The number of hydrogen-bond donors (Lipinski definition) is 3. The van der Waals surface area contributed by atoms with Gasteiger partial charge in [-0.3, -0.25) is 0 Å². The SMILES string of the molecule is CC1(C)OB(c2cccc3c2CCCN3)OC1(C)C.COc1ccc(Cc2cc(S(=O)(=O)CC[Si](C)(C)C)c(S(N)(=O)=O)c(-c3nnn(Cc4ccc(OC)cc4)n3)c2-c2cccc3c2CCCN3)cc1. The van der Waals surface area contributed by atoms with Crippen LogP contribution in [-0.2, 0) is 55.0 Å². The zero-order valence-electron chi connectivity index (χ0n) is 42.3. The minimum Gasteiger partial charge on any atom is -0.497 e. The zero-order chi connectivity index (χ0) is 50.9. The number of primary sulfonamides is 1. The standard InChI is InChI=1S/C37H44N6O6S2Si.C15H22BNO2/c1-48-28-15-11-25(12-16-28)22-27-23-33(50(44,45)20-21-52(3,4)5)36(51(38,46)47)35(34(27)31-8-6-10-32-30(31)9-7-19-39-32)37-40-42-43(41-37)24-26-13-17-29(49-2)18-14-26;1-14(2)15(3,4)19-16(18-14)12-8-5-9-13-11(12)7-6-10-17-13/h6,8,10-18,23,39H,7,9,19-22,24H2,1-5H3,(H2,38,46,47);5,8-9,17H,6-7,10H2,1-4H3. The van der Waals surface area contributed by atoms with Crippen molar-refractivity contribution < 1.29 is 35.6 Å². The second kappa shape index (κ2) is 20.5. The lowest BCUT2D eigenvalue weighted by Crippen LogP contribution is -2.41. The van der Waals surface area contributed by atoms with Gasteiger partial charge in [-0.15, -0.1) is 10.2 Å². The molecule has 1 aromatic heterocycles. The third-order valence-electron chi connectivity index (χ3n) is 13.8. The van der Waals surface area contributed by atoms with Crippen LogP contribution in [0.3, 0.4) is 0 Å². The van der Waals surface area contributed by atoms with Crippen molar-refractivity contribution in [2.75, 3.05) is 43.7 Å². The molecule has 6 aromatic rings. The molecule has 0 amide bonds. The summed E-state index contributed by atoms with van der Waals surface area (Å²) in [6, 6.07) is 28.9. The Kier molecular flexibility index (Phi) is 15.0. The lowest BCUT2D eigenvalue weighted by Gasteiger charge is -2.32. The van der Waals surface area contributed by atoms with Crippen molar-refractivity contribution in [3.63, 3.8) is 0 Å². The lowest BCUT2D eigenvalue weighted by molar-refractivity contribution is 0.00578. The number of aromatic nitrogens is 4. The van der Waals surface area contributed by atoms with Gasteiger partial charge in [0.2, 0.25) is 15.8 Å². The van der Waals surface area contributed by atoms with Crippen LogP contribution in [0.2, 0.25) is 25.7 Å². The quantitative estimate of drug-likeness (QED) is 0.0885. The van der Waals surface area contributed by atoms with Gasteiger partial charge in [0.25, 0.3) is 0 Å². The van der Waals surface area contributed by atoms with Crippen LogP contribution in [0, 0.1) is 0 Å². The number of methoxy groups -OCH3 is 2. The first-order chi connectivity index (χ1) is 33.6. The number of benzene rings is 5. The van der Waals surface area contributed by atoms with E-state index in [0.717, 1.165) is 60.3 Å². The molecule has 0 bridgehead atoms. The predicted molar refractivity (Wildman–Crippen MR) is 284 cm³/mol. The number of sulfone groups is 1. The molecule has 4 heterocycles. The molecule has 9 rings (SSSR count). The van der Waals surface area contributed by atoms with Gasteiger partial charge >= 0.3 is 7.12 Å². The van der Waals surface area contributed by atoms with Gasteiger partial charge in [0, 0.05) is 32.5 Å². The predicted octanol–water partition coefficient (Wildman–Crippen LogP) is 8.12. The van der Waals surface area contributed by atoms with Gasteiger partial charge in [-0.1, -0.05) is 68.2 Å². The van der Waals surface area contributed by atoms with Gasteiger partial charge in [0.15, 0.2) is 9.84 Å². The van der Waals surface area contributed by atoms with E-state index >= 15 is 0 Å². The van der Waals surface area contributed by atoms with Crippen LogP contribution < -0.4 is 30.7 Å². The Morgan fingerprint density at radius 1 is 0.761 bits per heavy atom. The monoisotopic (exact) mass is 1020 g/mol. The third kappa shape index (κ3) is 11.6. The molecular formula is C52H66BN7O8S2Si. The van der Waals surface area contributed by atoms with Crippen molar-refractivity contribution in [2.24, 2.45) is 5.14 Å². The molecule has 19 heteroatoms. The van der Waals surface area contributed by atoms with Crippen molar-refractivity contribution in [1.82, 2.24) is 20.2 Å². The van der Waals surface area contributed by atoms with E-state index in [2.05, 4.69) is 86.5 Å². The lowest BCUT2D eigenvalue weighted by atomic mass is 9.74. The molecule has 4 N–H and O–H groups in total. The molecule has 1 fully saturated rings. The van der Waals surface area contributed by atoms with E-state index in [9.17, 15) is 16.8 Å². The summed E-state index contributed by atoms with van der Waals surface area (Å²) in [5, 5.41) is 26.3. The summed E-state index contributed by atoms with van der Waals surface area (Å²) in [5.74, 6) is 1.08. The van der Waals surface area contributed by atoms with Crippen LogP contribution in [0.5, 0.6) is 11.5 Å². The number of rotatable bonds is 14. The highest BCUT2D eigenvalue weighted by atomic mass is 32.2. The van der Waals surface area contributed by atoms with Gasteiger partial charge in [0.1, 0.15) is 16.4 Å². The first-order valence-electron chi connectivity index (χ1n) is 24.1. The van der Waals surface area contributed by atoms with E-state index in [0.29, 0.717) is 28.7 Å². The molecule has 376 valence electrons. The summed E-state index contributed by atoms with van der Waals surface area (Å²) in [4.78, 5) is 0.470. The molecule has 3 aliphatic heterocycles. The molecule has 1 saturated heterocycles. The summed E-state index contributed by atoms with van der Waals surface area (Å²) in [7, 11) is -7.81. The van der Waals surface area contributed by atoms with Crippen LogP contribution in [0.4, 0.5) is 11.4 Å². The number of nitrogens with two attached hydrogens (primary N) is 1. The fourth-order valence-corrected chi connectivity index (χ4v) is 15.2. The topological polar surface area (TPSA) is 199 Å². The Balaban J connectivity index is 0.000000295. The summed E-state index contributed by atoms with van der Waals surface area (Å²) < 4.78 is 79.5. The van der Waals surface area contributed by atoms with Gasteiger partial charge in [-0.05, 0) is 158 Å². The molecule has 3 aliphatic rings. The fraction of sp³-hybridized carbons (Fsp3) is 0.404. The summed E-state index contributed by atoms with van der Waals surface area (Å²) in [6.45, 7) is 16.7. The Hall–Kier alpha value is -5.57. The van der Waals surface area contributed by atoms with E-state index in [-0.39, 0.29) is 53.3 Å². The van der Waals surface area contributed by atoms with Gasteiger partial charge in [-0.25, -0.2) is 22.0 Å². The van der Waals surface area contributed by atoms with E-state index in [1.54, 1.807) is 14.2 Å². The number of fused-ring (bicyclic) bond motifs is 2. The van der Waals surface area contributed by atoms with Crippen LogP contribution in [0.15, 0.2) is 101 Å². The van der Waals surface area contributed by atoms with Crippen LogP contribution in [-0.4, -0.2) is 96.5 Å². The van der Waals surface area contributed by atoms with Crippen molar-refractivity contribution in [2.45, 2.75) is 113 Å². The number of hydrogen-bond acceptors (Lipinski definition) is 13. The molecule has 0 radical (unpaired) electrons. The molecule has 5 aromatic carbocycles. The van der Waals surface area contributed by atoms with Crippen LogP contribution >= 0.6 is 0 Å². The second-order valence-corrected chi connectivity index (χ2v) is 29.9. The van der Waals surface area contributed by atoms with Crippen molar-refractivity contribution in [3.05, 3.63) is 119 Å². The summed E-state index contributed by atoms with van der Waals surface area (Å²) >= 11 is 0. The molecule has 15 nitrogen and oxygen atoms in total. The van der Waals surface area contributed by atoms with Crippen molar-refractivity contribution in [1.29, 1.82) is 0 Å².